The molecule has 0 aromatic heterocycles. The van der Waals surface area contributed by atoms with E-state index in [2.05, 4.69) is 15.4 Å². The van der Waals surface area contributed by atoms with E-state index in [9.17, 15) is 18.8 Å². The molecular formula is C13H15FN2O5. The zero-order chi connectivity index (χ0) is 15.8. The Kier molecular flexibility index (Phi) is 6.12. The second kappa shape index (κ2) is 7.83. The van der Waals surface area contributed by atoms with Gasteiger partial charge in [0.2, 0.25) is 0 Å². The monoisotopic (exact) mass is 298 g/mol. The molecule has 0 bridgehead atoms. The van der Waals surface area contributed by atoms with Gasteiger partial charge in [-0.15, -0.1) is 0 Å². The first-order valence-electron chi connectivity index (χ1n) is 6.00. The van der Waals surface area contributed by atoms with Gasteiger partial charge in [-0.1, -0.05) is 12.1 Å². The van der Waals surface area contributed by atoms with E-state index >= 15 is 0 Å². The Morgan fingerprint density at radius 2 is 2.10 bits per heavy atom. The van der Waals surface area contributed by atoms with Gasteiger partial charge in [-0.2, -0.15) is 0 Å². The molecular weight excluding hydrogens is 283 g/mol. The van der Waals surface area contributed by atoms with Gasteiger partial charge in [0.15, 0.2) is 0 Å². The van der Waals surface area contributed by atoms with Gasteiger partial charge in [-0.25, -0.2) is 14.0 Å². The largest absolute Gasteiger partial charge is 0.480 e. The van der Waals surface area contributed by atoms with Crippen molar-refractivity contribution in [1.29, 1.82) is 0 Å². The lowest BCUT2D eigenvalue weighted by Gasteiger charge is -2.14. The van der Waals surface area contributed by atoms with E-state index in [-0.39, 0.29) is 6.54 Å². The molecule has 21 heavy (non-hydrogen) atoms. The Labute approximate surface area is 120 Å². The fraction of sp³-hybridized carbons (Fsp3) is 0.308. The highest BCUT2D eigenvalue weighted by Gasteiger charge is 2.23. The lowest BCUT2D eigenvalue weighted by molar-refractivity contribution is -0.147. The van der Waals surface area contributed by atoms with Crippen molar-refractivity contribution in [3.05, 3.63) is 35.6 Å². The van der Waals surface area contributed by atoms with Crippen molar-refractivity contribution in [3.63, 3.8) is 0 Å². The molecule has 1 atom stereocenters. The molecule has 0 fully saturated rings. The molecule has 0 aliphatic carbocycles. The number of carboxylic acids is 1. The van der Waals surface area contributed by atoms with Crippen LogP contribution in [0.3, 0.4) is 0 Å². The normalized spacial score (nSPS) is 11.3. The summed E-state index contributed by atoms with van der Waals surface area (Å²) in [6.45, 7) is 0.0220. The van der Waals surface area contributed by atoms with Crippen LogP contribution in [0.4, 0.5) is 9.18 Å². The van der Waals surface area contributed by atoms with Crippen molar-refractivity contribution in [2.24, 2.45) is 0 Å². The maximum Gasteiger partial charge on any atom is 0.326 e. The van der Waals surface area contributed by atoms with Crippen LogP contribution in [0.2, 0.25) is 0 Å². The van der Waals surface area contributed by atoms with Crippen molar-refractivity contribution in [2.75, 3.05) is 7.11 Å². The van der Waals surface area contributed by atoms with Crippen molar-refractivity contribution in [3.8, 4) is 0 Å². The summed E-state index contributed by atoms with van der Waals surface area (Å²) in [4.78, 5) is 33.5. The Hall–Kier alpha value is -2.64. The number of carboxylic acid groups (broad SMARTS) is 1. The molecule has 114 valence electrons. The number of ether oxygens (including phenoxy) is 1. The molecule has 8 heteroatoms. The topological polar surface area (TPSA) is 105 Å². The van der Waals surface area contributed by atoms with Gasteiger partial charge < -0.3 is 20.5 Å². The third-order valence-corrected chi connectivity index (χ3v) is 2.54. The number of carbonyl (C=O) groups excluding carboxylic acids is 2. The van der Waals surface area contributed by atoms with E-state index in [4.69, 9.17) is 5.11 Å². The molecule has 0 heterocycles. The number of benzene rings is 1. The van der Waals surface area contributed by atoms with Gasteiger partial charge in [0.1, 0.15) is 11.9 Å². The van der Waals surface area contributed by atoms with Crippen LogP contribution in [-0.4, -0.2) is 36.2 Å². The molecule has 3 N–H and O–H groups in total. The van der Waals surface area contributed by atoms with E-state index in [1.54, 1.807) is 6.07 Å². The quantitative estimate of drug-likeness (QED) is 0.669. The first kappa shape index (κ1) is 16.4. The molecule has 0 saturated carbocycles. The number of halogens is 1. The van der Waals surface area contributed by atoms with Crippen molar-refractivity contribution >= 4 is 18.0 Å². The van der Waals surface area contributed by atoms with Crippen LogP contribution in [0.25, 0.3) is 0 Å². The zero-order valence-corrected chi connectivity index (χ0v) is 11.3. The Balaban J connectivity index is 2.50. The number of esters is 1. The van der Waals surface area contributed by atoms with Gasteiger partial charge in [0, 0.05) is 6.54 Å². The van der Waals surface area contributed by atoms with E-state index in [0.717, 1.165) is 7.11 Å². The van der Waals surface area contributed by atoms with Crippen LogP contribution >= 0.6 is 0 Å². The molecule has 0 saturated heterocycles. The second-order valence-corrected chi connectivity index (χ2v) is 4.13. The highest BCUT2D eigenvalue weighted by atomic mass is 19.1. The number of urea groups is 1. The van der Waals surface area contributed by atoms with Gasteiger partial charge in [0.25, 0.3) is 0 Å². The van der Waals surface area contributed by atoms with Gasteiger partial charge >= 0.3 is 18.0 Å². The summed E-state index contributed by atoms with van der Waals surface area (Å²) < 4.78 is 17.3. The zero-order valence-electron chi connectivity index (χ0n) is 11.3. The standard InChI is InChI=1S/C13H15FN2O5/c1-21-11(17)6-10(12(18)19)16-13(20)15-7-8-3-2-4-9(14)5-8/h2-5,10H,6-7H2,1H3,(H,18,19)(H2,15,16,20)/t10-/m0/s1. The molecule has 2 amide bonds. The number of methoxy groups -OCH3 is 1. The predicted octanol–water partition coefficient (Wildman–Crippen LogP) is 0.641. The summed E-state index contributed by atoms with van der Waals surface area (Å²) in [5.74, 6) is -2.56. The smallest absolute Gasteiger partial charge is 0.326 e. The summed E-state index contributed by atoms with van der Waals surface area (Å²) in [5, 5.41) is 13.4. The number of hydrogen-bond acceptors (Lipinski definition) is 4. The number of carbonyl (C=O) groups is 3. The van der Waals surface area contributed by atoms with E-state index < -0.39 is 36.2 Å². The number of amides is 2. The fourth-order valence-electron chi connectivity index (χ4n) is 1.49. The fourth-order valence-corrected chi connectivity index (χ4v) is 1.49. The lowest BCUT2D eigenvalue weighted by Crippen LogP contribution is -2.46. The third-order valence-electron chi connectivity index (χ3n) is 2.54. The summed E-state index contributed by atoms with van der Waals surface area (Å²) in [7, 11) is 1.12. The number of hydrogen-bond donors (Lipinski definition) is 3. The lowest BCUT2D eigenvalue weighted by atomic mass is 10.2. The number of aliphatic carboxylic acids is 1. The Bertz CT molecular complexity index is 535. The molecule has 0 aliphatic heterocycles. The van der Waals surface area contributed by atoms with Crippen LogP contribution in [0, 0.1) is 5.82 Å². The molecule has 1 rings (SSSR count). The maximum atomic E-state index is 12.9. The van der Waals surface area contributed by atoms with Crippen molar-refractivity contribution < 1.29 is 28.6 Å². The van der Waals surface area contributed by atoms with Crippen molar-refractivity contribution in [1.82, 2.24) is 10.6 Å². The summed E-state index contributed by atoms with van der Waals surface area (Å²) in [6, 6.07) is 3.42. The van der Waals surface area contributed by atoms with Crippen LogP contribution in [-0.2, 0) is 20.9 Å². The van der Waals surface area contributed by atoms with Crippen LogP contribution in [0.15, 0.2) is 24.3 Å². The first-order valence-corrected chi connectivity index (χ1v) is 6.00. The van der Waals surface area contributed by atoms with Crippen LogP contribution in [0.1, 0.15) is 12.0 Å². The second-order valence-electron chi connectivity index (χ2n) is 4.13. The molecule has 1 aromatic rings. The maximum absolute atomic E-state index is 12.9. The minimum absolute atomic E-state index is 0.0220. The molecule has 1 aromatic carbocycles. The van der Waals surface area contributed by atoms with E-state index in [1.165, 1.54) is 18.2 Å². The highest BCUT2D eigenvalue weighted by molar-refractivity contribution is 5.86. The average molecular weight is 298 g/mol. The minimum Gasteiger partial charge on any atom is -0.480 e. The van der Waals surface area contributed by atoms with Gasteiger partial charge in [0.05, 0.1) is 13.5 Å². The van der Waals surface area contributed by atoms with Crippen LogP contribution in [0.5, 0.6) is 0 Å². The number of rotatable bonds is 6. The van der Waals surface area contributed by atoms with Gasteiger partial charge in [-0.05, 0) is 17.7 Å². The van der Waals surface area contributed by atoms with Gasteiger partial charge in [-0.3, -0.25) is 4.79 Å². The molecule has 0 radical (unpaired) electrons. The number of nitrogens with one attached hydrogen (secondary N) is 2. The first-order chi connectivity index (χ1) is 9.92. The summed E-state index contributed by atoms with van der Waals surface area (Å²) >= 11 is 0. The van der Waals surface area contributed by atoms with Crippen molar-refractivity contribution in [2.45, 2.75) is 19.0 Å². The predicted molar refractivity (Wildman–Crippen MR) is 69.8 cm³/mol. The molecule has 0 aliphatic rings. The van der Waals surface area contributed by atoms with E-state index in [1.807, 2.05) is 0 Å². The third kappa shape index (κ3) is 5.89. The molecule has 0 spiro atoms. The average Bonchev–Trinajstić information content (AvgIpc) is 2.44. The molecule has 0 unspecified atom stereocenters. The minimum atomic E-state index is -1.40. The molecule has 7 nitrogen and oxygen atoms in total. The SMILES string of the molecule is COC(=O)C[C@H](NC(=O)NCc1cccc(F)c1)C(=O)O. The summed E-state index contributed by atoms with van der Waals surface area (Å²) in [5.41, 5.74) is 0.519. The summed E-state index contributed by atoms with van der Waals surface area (Å²) in [6.07, 6.45) is -0.487. The van der Waals surface area contributed by atoms with Crippen LogP contribution < -0.4 is 10.6 Å². The Morgan fingerprint density at radius 1 is 1.38 bits per heavy atom. The highest BCUT2D eigenvalue weighted by Crippen LogP contribution is 2.02. The Morgan fingerprint density at radius 3 is 2.67 bits per heavy atom. The van der Waals surface area contributed by atoms with E-state index in [0.29, 0.717) is 5.56 Å².